The molecular weight excluding hydrogens is 617 g/mol. The average Bonchev–Trinajstić information content (AvgIpc) is 3.69. The van der Waals surface area contributed by atoms with Crippen LogP contribution in [0.5, 0.6) is 0 Å². The maximum atomic E-state index is 3.91. The van der Waals surface area contributed by atoms with E-state index >= 15 is 0 Å². The maximum absolute atomic E-state index is 3.91. The van der Waals surface area contributed by atoms with Crippen molar-refractivity contribution in [2.75, 3.05) is 4.90 Å². The first-order valence-corrected chi connectivity index (χ1v) is 18.1. The predicted octanol–water partition coefficient (Wildman–Crippen LogP) is 13.7. The number of anilines is 3. The van der Waals surface area contributed by atoms with Crippen LogP contribution in [0, 0.1) is 0 Å². The van der Waals surface area contributed by atoms with Gasteiger partial charge in [-0.25, -0.2) is 0 Å². The van der Waals surface area contributed by atoms with Crippen molar-refractivity contribution >= 4 is 55.1 Å². The number of aromatic nitrogens is 1. The lowest BCUT2D eigenvalue weighted by Gasteiger charge is -2.29. The van der Waals surface area contributed by atoms with Gasteiger partial charge in [0.2, 0.25) is 0 Å². The van der Waals surface area contributed by atoms with Crippen molar-refractivity contribution < 1.29 is 0 Å². The number of benzene rings is 7. The van der Waals surface area contributed by atoms with Crippen LogP contribution in [-0.4, -0.2) is 4.98 Å². The van der Waals surface area contributed by atoms with Crippen molar-refractivity contribution in [2.24, 2.45) is 0 Å². The van der Waals surface area contributed by atoms with Gasteiger partial charge in [-0.05, 0) is 87.3 Å². The van der Waals surface area contributed by atoms with E-state index in [2.05, 4.69) is 188 Å². The van der Waals surface area contributed by atoms with Crippen LogP contribution in [0.15, 0.2) is 169 Å². The Hall–Kier alpha value is -6.12. The Kier molecular flexibility index (Phi) is 6.69. The van der Waals surface area contributed by atoms with E-state index in [1.165, 1.54) is 82.8 Å². The molecule has 1 N–H and O–H groups in total. The Morgan fingerprint density at radius 2 is 1.24 bits per heavy atom. The van der Waals surface area contributed by atoms with Crippen molar-refractivity contribution in [1.29, 1.82) is 0 Å². The second-order valence-electron chi connectivity index (χ2n) is 14.5. The third kappa shape index (κ3) is 4.56. The maximum Gasteiger partial charge on any atom is 0.0545 e. The van der Waals surface area contributed by atoms with Gasteiger partial charge in [0.25, 0.3) is 0 Å². The summed E-state index contributed by atoms with van der Waals surface area (Å²) in [6.45, 7) is 4.77. The van der Waals surface area contributed by atoms with Crippen LogP contribution in [0.4, 0.5) is 17.1 Å². The quantitative estimate of drug-likeness (QED) is 0.183. The van der Waals surface area contributed by atoms with Crippen molar-refractivity contribution in [1.82, 2.24) is 4.98 Å². The molecule has 2 nitrogen and oxygen atoms in total. The van der Waals surface area contributed by atoms with E-state index in [0.29, 0.717) is 0 Å². The van der Waals surface area contributed by atoms with E-state index in [-0.39, 0.29) is 5.41 Å². The van der Waals surface area contributed by atoms with Crippen molar-refractivity contribution in [2.45, 2.75) is 32.1 Å². The molecule has 0 saturated heterocycles. The van der Waals surface area contributed by atoms with Crippen LogP contribution in [0.1, 0.15) is 37.8 Å². The van der Waals surface area contributed by atoms with Gasteiger partial charge in [-0.3, -0.25) is 0 Å². The number of para-hydroxylation sites is 1. The first-order chi connectivity index (χ1) is 25.1. The van der Waals surface area contributed by atoms with Crippen LogP contribution in [0.3, 0.4) is 0 Å². The molecule has 2 aliphatic carbocycles. The number of aromatic amines is 1. The lowest BCUT2D eigenvalue weighted by Crippen LogP contribution is -2.18. The summed E-state index contributed by atoms with van der Waals surface area (Å²) in [5, 5.41) is 6.18. The lowest BCUT2D eigenvalue weighted by molar-refractivity contribution is 0.651. The zero-order valence-electron chi connectivity index (χ0n) is 28.9. The van der Waals surface area contributed by atoms with Crippen LogP contribution in [-0.2, 0) is 5.41 Å². The molecule has 0 atom stereocenters. The summed E-state index contributed by atoms with van der Waals surface area (Å²) in [5.74, 6) is 0. The highest BCUT2D eigenvalue weighted by molar-refractivity contribution is 6.22. The highest BCUT2D eigenvalue weighted by Gasteiger charge is 2.37. The summed E-state index contributed by atoms with van der Waals surface area (Å²) in [5.41, 5.74) is 15.3. The Balaban J connectivity index is 1.18. The Bertz CT molecular complexity index is 2690. The van der Waals surface area contributed by atoms with Crippen molar-refractivity contribution in [3.8, 4) is 22.4 Å². The fourth-order valence-corrected chi connectivity index (χ4v) is 8.87. The Morgan fingerprint density at radius 3 is 2.02 bits per heavy atom. The molecule has 0 spiro atoms. The molecular formula is C49H38N2. The van der Waals surface area contributed by atoms with Gasteiger partial charge >= 0.3 is 0 Å². The van der Waals surface area contributed by atoms with Gasteiger partial charge in [0.1, 0.15) is 0 Å². The summed E-state index contributed by atoms with van der Waals surface area (Å²) >= 11 is 0. The summed E-state index contributed by atoms with van der Waals surface area (Å²) < 4.78 is 0. The third-order valence-electron chi connectivity index (χ3n) is 11.3. The second kappa shape index (κ2) is 11.5. The zero-order valence-corrected chi connectivity index (χ0v) is 28.9. The monoisotopic (exact) mass is 654 g/mol. The summed E-state index contributed by atoms with van der Waals surface area (Å²) in [4.78, 5) is 6.36. The number of allylic oxidation sites excluding steroid dienone is 4. The van der Waals surface area contributed by atoms with Gasteiger partial charge in [0.05, 0.1) is 16.9 Å². The predicted molar refractivity (Wildman–Crippen MR) is 217 cm³/mol. The van der Waals surface area contributed by atoms with Crippen LogP contribution >= 0.6 is 0 Å². The standard InChI is InChI=1S/C49H38N2/c1-49(2)43-23-13-12-21-38(43)39-26-25-35(31-44(39)49)51(34-19-10-5-11-20-34)45-24-14-22-36-37-27-30-42-46(32-15-6-3-7-16-32)47(33-17-8-4-9-18-33)50-48(42)41(37)29-28-40(36)45/h3-11,13-20,22-31,50H,12,21H2,1-2H3. The van der Waals surface area contributed by atoms with Crippen LogP contribution < -0.4 is 4.90 Å². The summed E-state index contributed by atoms with van der Waals surface area (Å²) in [6.07, 6.45) is 6.95. The van der Waals surface area contributed by atoms with Crippen molar-refractivity contribution in [3.05, 3.63) is 181 Å². The fourth-order valence-electron chi connectivity index (χ4n) is 8.87. The fraction of sp³-hybridized carbons (Fsp3) is 0.102. The molecule has 1 aromatic heterocycles. The smallest absolute Gasteiger partial charge is 0.0545 e. The average molecular weight is 655 g/mol. The highest BCUT2D eigenvalue weighted by atomic mass is 15.1. The number of hydrogen-bond acceptors (Lipinski definition) is 1. The van der Waals surface area contributed by atoms with Gasteiger partial charge in [-0.1, -0.05) is 147 Å². The number of nitrogens with one attached hydrogen (secondary N) is 1. The number of hydrogen-bond donors (Lipinski definition) is 1. The van der Waals surface area contributed by atoms with Gasteiger partial charge in [0, 0.05) is 38.5 Å². The molecule has 0 fully saturated rings. The lowest BCUT2D eigenvalue weighted by atomic mass is 9.80. The van der Waals surface area contributed by atoms with E-state index in [0.717, 1.165) is 24.2 Å². The molecule has 51 heavy (non-hydrogen) atoms. The molecule has 10 rings (SSSR count). The molecule has 0 saturated carbocycles. The van der Waals surface area contributed by atoms with Crippen molar-refractivity contribution in [3.63, 3.8) is 0 Å². The van der Waals surface area contributed by atoms with E-state index in [1.807, 2.05) is 0 Å². The first-order valence-electron chi connectivity index (χ1n) is 18.1. The minimum Gasteiger partial charge on any atom is -0.353 e. The van der Waals surface area contributed by atoms with Gasteiger partial charge < -0.3 is 9.88 Å². The molecule has 0 aliphatic heterocycles. The first kappa shape index (κ1) is 29.8. The molecule has 0 unspecified atom stereocenters. The SMILES string of the molecule is CC1(C)C2=C(CCC=C2)c2ccc(N(c3ccccc3)c3cccc4c3ccc3c4ccc4c(-c5ccccc5)c(-c5ccccc5)[nH]c43)cc21. The van der Waals surface area contributed by atoms with E-state index < -0.39 is 0 Å². The van der Waals surface area contributed by atoms with Crippen LogP contribution in [0.25, 0.3) is 60.4 Å². The van der Waals surface area contributed by atoms with E-state index in [4.69, 9.17) is 0 Å². The second-order valence-corrected chi connectivity index (χ2v) is 14.5. The molecule has 0 radical (unpaired) electrons. The number of rotatable bonds is 5. The Labute approximate surface area is 299 Å². The minimum atomic E-state index is -0.0342. The van der Waals surface area contributed by atoms with Crippen LogP contribution in [0.2, 0.25) is 0 Å². The number of fused-ring (bicyclic) bond motifs is 7. The summed E-state index contributed by atoms with van der Waals surface area (Å²) in [6, 6.07) is 55.5. The summed E-state index contributed by atoms with van der Waals surface area (Å²) in [7, 11) is 0. The van der Waals surface area contributed by atoms with Gasteiger partial charge in [-0.15, -0.1) is 0 Å². The van der Waals surface area contributed by atoms with Gasteiger partial charge in [0.15, 0.2) is 0 Å². The molecule has 1 heterocycles. The molecule has 0 amide bonds. The molecule has 2 heteroatoms. The molecule has 7 aromatic carbocycles. The largest absolute Gasteiger partial charge is 0.353 e. The topological polar surface area (TPSA) is 19.0 Å². The Morgan fingerprint density at radius 1 is 0.569 bits per heavy atom. The minimum absolute atomic E-state index is 0.0342. The van der Waals surface area contributed by atoms with E-state index in [9.17, 15) is 0 Å². The molecule has 244 valence electrons. The third-order valence-corrected chi connectivity index (χ3v) is 11.3. The highest BCUT2D eigenvalue weighted by Crippen LogP contribution is 2.52. The molecule has 2 aliphatic rings. The zero-order chi connectivity index (χ0) is 34.1. The van der Waals surface area contributed by atoms with Gasteiger partial charge in [-0.2, -0.15) is 0 Å². The number of H-pyrrole nitrogens is 1. The molecule has 0 bridgehead atoms. The molecule has 8 aromatic rings. The normalized spacial score (nSPS) is 14.7. The van der Waals surface area contributed by atoms with E-state index in [1.54, 1.807) is 0 Å². The number of nitrogens with zero attached hydrogens (tertiary/aromatic N) is 1.